The molecule has 1 amide bonds. The minimum atomic E-state index is -3.63. The van der Waals surface area contributed by atoms with E-state index >= 15 is 0 Å². The van der Waals surface area contributed by atoms with Crippen LogP contribution in [-0.2, 0) is 10.0 Å². The van der Waals surface area contributed by atoms with Gasteiger partial charge in [-0.15, -0.1) is 0 Å². The molecule has 0 atom stereocenters. The number of aryl methyl sites for hydroxylation is 1. The van der Waals surface area contributed by atoms with Crippen LogP contribution in [0.5, 0.6) is 0 Å². The van der Waals surface area contributed by atoms with Gasteiger partial charge in [-0.2, -0.15) is 0 Å². The monoisotopic (exact) mass is 420 g/mol. The lowest BCUT2D eigenvalue weighted by atomic mass is 10.0. The Labute approximate surface area is 175 Å². The summed E-state index contributed by atoms with van der Waals surface area (Å²) < 4.78 is 27.0. The van der Waals surface area contributed by atoms with Crippen molar-refractivity contribution in [2.45, 2.75) is 11.8 Å². The molecule has 0 radical (unpaired) electrons. The summed E-state index contributed by atoms with van der Waals surface area (Å²) in [5.74, 6) is -0.461. The second-order valence-corrected chi connectivity index (χ2v) is 8.87. The van der Waals surface area contributed by atoms with Crippen LogP contribution in [0.4, 0.5) is 0 Å². The van der Waals surface area contributed by atoms with Crippen LogP contribution < -0.4 is 10.0 Å². The number of ketones is 1. The number of amides is 1. The Kier molecular flexibility index (Phi) is 5.24. The molecule has 7 heteroatoms. The summed E-state index contributed by atoms with van der Waals surface area (Å²) in [6.45, 7) is 2.05. The van der Waals surface area contributed by atoms with Gasteiger partial charge in [0.25, 0.3) is 5.91 Å². The van der Waals surface area contributed by atoms with E-state index in [1.165, 1.54) is 12.1 Å². The topological polar surface area (TPSA) is 92.3 Å². The number of hydrogen-bond acceptors (Lipinski definition) is 4. The Morgan fingerprint density at radius 3 is 2.23 bits per heavy atom. The molecular weight excluding hydrogens is 400 g/mol. The molecule has 3 aromatic carbocycles. The summed E-state index contributed by atoms with van der Waals surface area (Å²) >= 11 is 0. The minimum absolute atomic E-state index is 0.0528. The summed E-state index contributed by atoms with van der Waals surface area (Å²) in [6, 6.07) is 18.9. The fraction of sp³-hybridized carbons (Fsp3) is 0.130. The van der Waals surface area contributed by atoms with Crippen LogP contribution in [0.1, 0.15) is 31.8 Å². The van der Waals surface area contributed by atoms with Crippen molar-refractivity contribution in [2.75, 3.05) is 13.1 Å². The second-order valence-electron chi connectivity index (χ2n) is 7.10. The molecule has 4 rings (SSSR count). The molecule has 6 nitrogen and oxygen atoms in total. The largest absolute Gasteiger partial charge is 0.351 e. The maximum Gasteiger partial charge on any atom is 0.251 e. The number of nitrogens with one attached hydrogen (secondary N) is 2. The third-order valence-corrected chi connectivity index (χ3v) is 6.50. The molecule has 0 aliphatic heterocycles. The van der Waals surface area contributed by atoms with Gasteiger partial charge >= 0.3 is 0 Å². The number of benzene rings is 3. The number of hydrogen-bond donors (Lipinski definition) is 2. The van der Waals surface area contributed by atoms with Crippen molar-refractivity contribution in [3.05, 3.63) is 89.0 Å². The van der Waals surface area contributed by atoms with Crippen LogP contribution in [0.25, 0.3) is 11.1 Å². The van der Waals surface area contributed by atoms with Gasteiger partial charge in [0.05, 0.1) is 4.90 Å². The van der Waals surface area contributed by atoms with E-state index in [0.717, 1.165) is 16.7 Å². The van der Waals surface area contributed by atoms with Crippen LogP contribution in [-0.4, -0.2) is 33.2 Å². The van der Waals surface area contributed by atoms with Gasteiger partial charge in [-0.1, -0.05) is 48.0 Å². The third kappa shape index (κ3) is 3.77. The smallest absolute Gasteiger partial charge is 0.251 e. The van der Waals surface area contributed by atoms with Gasteiger partial charge in [0.15, 0.2) is 5.78 Å². The normalized spacial score (nSPS) is 12.4. The predicted octanol–water partition coefficient (Wildman–Crippen LogP) is 2.91. The zero-order valence-corrected chi connectivity index (χ0v) is 17.1. The van der Waals surface area contributed by atoms with Crippen molar-refractivity contribution < 1.29 is 18.0 Å². The first kappa shape index (κ1) is 20.0. The number of fused-ring (bicyclic) bond motifs is 3. The fourth-order valence-corrected chi connectivity index (χ4v) is 4.47. The molecule has 0 bridgehead atoms. The molecule has 3 aromatic rings. The van der Waals surface area contributed by atoms with E-state index in [9.17, 15) is 18.0 Å². The van der Waals surface area contributed by atoms with Gasteiger partial charge < -0.3 is 5.32 Å². The Balaban J connectivity index is 1.38. The molecule has 0 fully saturated rings. The Hall–Kier alpha value is -3.29. The van der Waals surface area contributed by atoms with Gasteiger partial charge in [0.2, 0.25) is 10.0 Å². The van der Waals surface area contributed by atoms with E-state index in [0.29, 0.717) is 16.7 Å². The van der Waals surface area contributed by atoms with Crippen molar-refractivity contribution in [1.29, 1.82) is 0 Å². The van der Waals surface area contributed by atoms with Crippen molar-refractivity contribution in [3.63, 3.8) is 0 Å². The standard InChI is InChI=1S/C23H20N2O4S/c1-15-6-9-17(10-7-15)30(28,29)25-13-12-24-23(27)16-8-11-19-18-4-2-3-5-20(18)22(26)21(19)14-16/h2-11,14,25H,12-13H2,1H3,(H,24,27). The lowest BCUT2D eigenvalue weighted by molar-refractivity contribution is 0.0954. The van der Waals surface area contributed by atoms with Gasteiger partial charge in [-0.25, -0.2) is 13.1 Å². The van der Waals surface area contributed by atoms with Crippen LogP contribution >= 0.6 is 0 Å². The highest BCUT2D eigenvalue weighted by Crippen LogP contribution is 2.36. The minimum Gasteiger partial charge on any atom is -0.351 e. The Bertz CT molecular complexity index is 1250. The highest BCUT2D eigenvalue weighted by molar-refractivity contribution is 7.89. The summed E-state index contributed by atoms with van der Waals surface area (Å²) in [7, 11) is -3.63. The second kappa shape index (κ2) is 7.85. The molecule has 1 aliphatic rings. The molecule has 2 N–H and O–H groups in total. The maximum absolute atomic E-state index is 12.6. The molecule has 0 saturated heterocycles. The van der Waals surface area contributed by atoms with E-state index in [-0.39, 0.29) is 29.7 Å². The van der Waals surface area contributed by atoms with E-state index < -0.39 is 10.0 Å². The van der Waals surface area contributed by atoms with Gasteiger partial charge in [-0.05, 0) is 42.3 Å². The van der Waals surface area contributed by atoms with E-state index in [1.807, 2.05) is 25.1 Å². The van der Waals surface area contributed by atoms with Crippen molar-refractivity contribution in [3.8, 4) is 11.1 Å². The fourth-order valence-electron chi connectivity index (χ4n) is 3.43. The van der Waals surface area contributed by atoms with E-state index in [4.69, 9.17) is 0 Å². The number of carbonyl (C=O) groups is 2. The van der Waals surface area contributed by atoms with Crippen molar-refractivity contribution in [1.82, 2.24) is 10.0 Å². The summed E-state index contributed by atoms with van der Waals surface area (Å²) in [5.41, 5.74) is 4.15. The predicted molar refractivity (Wildman–Crippen MR) is 114 cm³/mol. The summed E-state index contributed by atoms with van der Waals surface area (Å²) in [4.78, 5) is 25.2. The molecule has 0 aromatic heterocycles. The first-order valence-corrected chi connectivity index (χ1v) is 11.0. The molecule has 1 aliphatic carbocycles. The summed E-state index contributed by atoms with van der Waals surface area (Å²) in [5, 5.41) is 2.68. The van der Waals surface area contributed by atoms with Crippen molar-refractivity contribution in [2.24, 2.45) is 0 Å². The number of carbonyl (C=O) groups excluding carboxylic acids is 2. The molecule has 0 spiro atoms. The van der Waals surface area contributed by atoms with E-state index in [1.54, 1.807) is 36.4 Å². The van der Waals surface area contributed by atoms with E-state index in [2.05, 4.69) is 10.0 Å². The highest BCUT2D eigenvalue weighted by atomic mass is 32.2. The highest BCUT2D eigenvalue weighted by Gasteiger charge is 2.27. The lowest BCUT2D eigenvalue weighted by Crippen LogP contribution is -2.34. The average Bonchev–Trinajstić information content (AvgIpc) is 3.03. The first-order chi connectivity index (χ1) is 14.4. The SMILES string of the molecule is Cc1ccc(S(=O)(=O)NCCNC(=O)c2ccc3c(c2)C(=O)c2ccccc2-3)cc1. The Morgan fingerprint density at radius 2 is 1.50 bits per heavy atom. The molecular formula is C23H20N2O4S. The molecule has 0 saturated carbocycles. The average molecular weight is 420 g/mol. The maximum atomic E-state index is 12.6. The molecule has 152 valence electrons. The van der Waals surface area contributed by atoms with Gasteiger partial charge in [0.1, 0.15) is 0 Å². The number of rotatable bonds is 6. The zero-order chi connectivity index (χ0) is 21.3. The Morgan fingerprint density at radius 1 is 0.833 bits per heavy atom. The zero-order valence-electron chi connectivity index (χ0n) is 16.3. The molecule has 0 heterocycles. The van der Waals surface area contributed by atoms with Gasteiger partial charge in [-0.3, -0.25) is 9.59 Å². The molecule has 0 unspecified atom stereocenters. The van der Waals surface area contributed by atoms with Crippen LogP contribution in [0.2, 0.25) is 0 Å². The summed E-state index contributed by atoms with van der Waals surface area (Å²) in [6.07, 6.45) is 0. The quantitative estimate of drug-likeness (QED) is 0.469. The van der Waals surface area contributed by atoms with Crippen LogP contribution in [0, 0.1) is 6.92 Å². The molecule has 30 heavy (non-hydrogen) atoms. The third-order valence-electron chi connectivity index (χ3n) is 5.02. The van der Waals surface area contributed by atoms with Crippen LogP contribution in [0.15, 0.2) is 71.6 Å². The van der Waals surface area contributed by atoms with Crippen molar-refractivity contribution >= 4 is 21.7 Å². The number of sulfonamides is 1. The first-order valence-electron chi connectivity index (χ1n) is 9.49. The van der Waals surface area contributed by atoms with Gasteiger partial charge in [0, 0.05) is 29.8 Å². The lowest BCUT2D eigenvalue weighted by Gasteiger charge is -2.09. The van der Waals surface area contributed by atoms with Crippen LogP contribution in [0.3, 0.4) is 0 Å².